The first-order valence-electron chi connectivity index (χ1n) is 10.1. The average molecular weight is 412 g/mol. The number of benzene rings is 2. The Labute approximate surface area is 176 Å². The van der Waals surface area contributed by atoms with Crippen molar-refractivity contribution in [3.63, 3.8) is 0 Å². The van der Waals surface area contributed by atoms with Crippen LogP contribution in [-0.4, -0.2) is 77.3 Å². The predicted octanol–water partition coefficient (Wildman–Crippen LogP) is 2.34. The first kappa shape index (κ1) is 22.0. The number of carbonyl (C=O) groups is 2. The molecule has 2 aromatic rings. The van der Waals surface area contributed by atoms with Gasteiger partial charge in [-0.1, -0.05) is 60.7 Å². The van der Waals surface area contributed by atoms with Gasteiger partial charge in [0.1, 0.15) is 6.10 Å². The van der Waals surface area contributed by atoms with E-state index in [0.717, 1.165) is 25.2 Å². The molecule has 2 aromatic carbocycles. The zero-order valence-corrected chi connectivity index (χ0v) is 17.1. The number of carboxylic acids is 2. The van der Waals surface area contributed by atoms with E-state index < -0.39 is 11.9 Å². The van der Waals surface area contributed by atoms with E-state index >= 15 is 0 Å². The lowest BCUT2D eigenvalue weighted by molar-refractivity contribution is -0.159. The van der Waals surface area contributed by atoms with Crippen molar-refractivity contribution in [2.24, 2.45) is 0 Å². The van der Waals surface area contributed by atoms with Gasteiger partial charge in [-0.05, 0) is 24.6 Å². The summed E-state index contributed by atoms with van der Waals surface area (Å²) in [6.07, 6.45) is 1.35. The van der Waals surface area contributed by atoms with Gasteiger partial charge >= 0.3 is 11.9 Å². The predicted molar refractivity (Wildman–Crippen MR) is 112 cm³/mol. The van der Waals surface area contributed by atoms with Crippen LogP contribution in [0.1, 0.15) is 23.7 Å². The molecular weight excluding hydrogens is 384 g/mol. The summed E-state index contributed by atoms with van der Waals surface area (Å²) in [5.74, 6) is -3.65. The van der Waals surface area contributed by atoms with Crippen molar-refractivity contribution in [1.29, 1.82) is 0 Å². The van der Waals surface area contributed by atoms with Gasteiger partial charge in [0.05, 0.1) is 6.61 Å². The smallest absolute Gasteiger partial charge is 0.414 e. The molecule has 2 aliphatic rings. The average Bonchev–Trinajstić information content (AvgIpc) is 3.32. The standard InChI is InChI=1S/C21H26N2O.C2H2O4/c1-22-15-20-14-19(22)16-23(20)12-13-24-21(17-8-4-2-5-9-17)18-10-6-3-7-11-18;3-1(4)2(5)6/h2-11,19-21H,12-16H2,1H3;(H,3,4)(H,5,6). The summed E-state index contributed by atoms with van der Waals surface area (Å²) in [5, 5.41) is 14.8. The largest absolute Gasteiger partial charge is 0.473 e. The summed E-state index contributed by atoms with van der Waals surface area (Å²) in [7, 11) is 2.25. The monoisotopic (exact) mass is 412 g/mol. The molecule has 2 saturated heterocycles. The van der Waals surface area contributed by atoms with Gasteiger partial charge in [0.15, 0.2) is 0 Å². The fourth-order valence-electron chi connectivity index (χ4n) is 4.15. The van der Waals surface area contributed by atoms with Gasteiger partial charge in [-0.15, -0.1) is 0 Å². The lowest BCUT2D eigenvalue weighted by Crippen LogP contribution is -2.45. The first-order chi connectivity index (χ1) is 14.5. The molecule has 0 aromatic heterocycles. The Hall–Kier alpha value is -2.74. The number of likely N-dealkylation sites (tertiary alicyclic amines) is 2. The Morgan fingerprint density at radius 1 is 0.933 bits per heavy atom. The molecule has 2 N–H and O–H groups in total. The first-order valence-corrected chi connectivity index (χ1v) is 10.1. The van der Waals surface area contributed by atoms with E-state index in [-0.39, 0.29) is 6.10 Å². The fraction of sp³-hybridized carbons (Fsp3) is 0.391. The Kier molecular flexibility index (Phi) is 7.57. The van der Waals surface area contributed by atoms with E-state index in [1.807, 2.05) is 0 Å². The summed E-state index contributed by atoms with van der Waals surface area (Å²) in [6.45, 7) is 4.23. The maximum absolute atomic E-state index is 9.10. The second-order valence-corrected chi connectivity index (χ2v) is 7.66. The maximum Gasteiger partial charge on any atom is 0.414 e. The van der Waals surface area contributed by atoms with Gasteiger partial charge in [0.25, 0.3) is 0 Å². The SMILES string of the molecule is CN1CC2CC1CN2CCOC(c1ccccc1)c1ccccc1.O=C(O)C(=O)O. The van der Waals surface area contributed by atoms with Crippen LogP contribution in [0.2, 0.25) is 0 Å². The van der Waals surface area contributed by atoms with Crippen LogP contribution in [0.25, 0.3) is 0 Å². The van der Waals surface area contributed by atoms with Gasteiger partial charge in [0.2, 0.25) is 0 Å². The van der Waals surface area contributed by atoms with E-state index in [1.165, 1.54) is 30.6 Å². The summed E-state index contributed by atoms with van der Waals surface area (Å²) < 4.78 is 6.36. The summed E-state index contributed by atoms with van der Waals surface area (Å²) in [4.78, 5) is 23.3. The minimum Gasteiger partial charge on any atom is -0.473 e. The van der Waals surface area contributed by atoms with Crippen molar-refractivity contribution in [3.8, 4) is 0 Å². The number of fused-ring (bicyclic) bond motifs is 2. The molecule has 0 radical (unpaired) electrons. The number of hydrogen-bond donors (Lipinski definition) is 2. The van der Waals surface area contributed by atoms with Crippen LogP contribution in [0, 0.1) is 0 Å². The number of rotatable bonds is 6. The molecule has 2 aliphatic heterocycles. The molecule has 2 atom stereocenters. The summed E-state index contributed by atoms with van der Waals surface area (Å²) in [5.41, 5.74) is 2.46. The zero-order chi connectivity index (χ0) is 21.5. The van der Waals surface area contributed by atoms with Crippen molar-refractivity contribution in [2.75, 3.05) is 33.3 Å². The van der Waals surface area contributed by atoms with Gasteiger partial charge in [0, 0.05) is 31.7 Å². The van der Waals surface area contributed by atoms with Crippen LogP contribution >= 0.6 is 0 Å². The molecular formula is C23H28N2O5. The number of hydrogen-bond acceptors (Lipinski definition) is 5. The highest BCUT2D eigenvalue weighted by Gasteiger charge is 2.40. The highest BCUT2D eigenvalue weighted by Crippen LogP contribution is 2.30. The number of piperazine rings is 1. The van der Waals surface area contributed by atoms with Crippen LogP contribution in [0.15, 0.2) is 60.7 Å². The quantitative estimate of drug-likeness (QED) is 0.704. The Balaban J connectivity index is 0.000000377. The highest BCUT2D eigenvalue weighted by atomic mass is 16.5. The lowest BCUT2D eigenvalue weighted by atomic mass is 10.0. The molecule has 0 aliphatic carbocycles. The highest BCUT2D eigenvalue weighted by molar-refractivity contribution is 6.27. The molecule has 2 heterocycles. The summed E-state index contributed by atoms with van der Waals surface area (Å²) >= 11 is 0. The number of carboxylic acid groups (broad SMARTS) is 2. The van der Waals surface area contributed by atoms with Crippen LogP contribution in [-0.2, 0) is 14.3 Å². The van der Waals surface area contributed by atoms with E-state index in [2.05, 4.69) is 77.5 Å². The molecule has 0 saturated carbocycles. The molecule has 0 amide bonds. The van der Waals surface area contributed by atoms with Gasteiger partial charge in [-0.2, -0.15) is 0 Å². The number of aliphatic carboxylic acids is 2. The third-order valence-corrected chi connectivity index (χ3v) is 5.68. The van der Waals surface area contributed by atoms with Gasteiger partial charge < -0.3 is 19.8 Å². The van der Waals surface area contributed by atoms with Crippen molar-refractivity contribution in [1.82, 2.24) is 9.80 Å². The van der Waals surface area contributed by atoms with Crippen molar-refractivity contribution >= 4 is 11.9 Å². The molecule has 4 rings (SSSR count). The molecule has 160 valence electrons. The summed E-state index contributed by atoms with van der Waals surface area (Å²) in [6, 6.07) is 22.6. The molecule has 7 heteroatoms. The van der Waals surface area contributed by atoms with Crippen molar-refractivity contribution in [3.05, 3.63) is 71.8 Å². The van der Waals surface area contributed by atoms with E-state index in [0.29, 0.717) is 0 Å². The Bertz CT molecular complexity index is 777. The second-order valence-electron chi connectivity index (χ2n) is 7.66. The van der Waals surface area contributed by atoms with Crippen LogP contribution in [0.3, 0.4) is 0 Å². The minimum absolute atomic E-state index is 0.0230. The zero-order valence-electron chi connectivity index (χ0n) is 17.1. The molecule has 0 spiro atoms. The number of ether oxygens (including phenoxy) is 1. The lowest BCUT2D eigenvalue weighted by Gasteiger charge is -2.32. The molecule has 2 unspecified atom stereocenters. The van der Waals surface area contributed by atoms with Gasteiger partial charge in [-0.3, -0.25) is 4.90 Å². The molecule has 7 nitrogen and oxygen atoms in total. The Morgan fingerprint density at radius 2 is 1.47 bits per heavy atom. The van der Waals surface area contributed by atoms with Crippen molar-refractivity contribution < 1.29 is 24.5 Å². The van der Waals surface area contributed by atoms with E-state index in [9.17, 15) is 0 Å². The van der Waals surface area contributed by atoms with Crippen LogP contribution in [0.5, 0.6) is 0 Å². The fourth-order valence-corrected chi connectivity index (χ4v) is 4.15. The second kappa shape index (κ2) is 10.3. The Morgan fingerprint density at radius 3 is 1.87 bits per heavy atom. The number of nitrogens with zero attached hydrogens (tertiary/aromatic N) is 2. The molecule has 2 bridgehead atoms. The third kappa shape index (κ3) is 5.66. The third-order valence-electron chi connectivity index (χ3n) is 5.68. The van der Waals surface area contributed by atoms with Gasteiger partial charge in [-0.25, -0.2) is 9.59 Å². The van der Waals surface area contributed by atoms with Crippen LogP contribution in [0.4, 0.5) is 0 Å². The maximum atomic E-state index is 9.10. The van der Waals surface area contributed by atoms with Crippen LogP contribution < -0.4 is 0 Å². The molecule has 30 heavy (non-hydrogen) atoms. The van der Waals surface area contributed by atoms with E-state index in [4.69, 9.17) is 24.5 Å². The topological polar surface area (TPSA) is 90.3 Å². The van der Waals surface area contributed by atoms with Crippen molar-refractivity contribution in [2.45, 2.75) is 24.6 Å². The number of likely N-dealkylation sites (N-methyl/N-ethyl adjacent to an activating group) is 1. The minimum atomic E-state index is -1.82. The normalized spacial score (nSPS) is 20.7. The van der Waals surface area contributed by atoms with E-state index in [1.54, 1.807) is 0 Å². The molecule has 2 fully saturated rings.